The van der Waals surface area contributed by atoms with Crippen molar-refractivity contribution in [2.75, 3.05) is 45.8 Å². The molecule has 16 heavy (non-hydrogen) atoms. The van der Waals surface area contributed by atoms with Crippen molar-refractivity contribution in [3.8, 4) is 0 Å². The van der Waals surface area contributed by atoms with Gasteiger partial charge >= 0.3 is 0 Å². The highest BCUT2D eigenvalue weighted by Gasteiger charge is 2.23. The minimum atomic E-state index is -0.403. The summed E-state index contributed by atoms with van der Waals surface area (Å²) in [5.74, 6) is 0.194. The average Bonchev–Trinajstić information content (AvgIpc) is 2.66. The zero-order valence-corrected chi connectivity index (χ0v) is 9.69. The van der Waals surface area contributed by atoms with Crippen LogP contribution in [-0.4, -0.2) is 72.7 Å². The third-order valence-corrected chi connectivity index (χ3v) is 3.28. The zero-order valence-electron chi connectivity index (χ0n) is 9.69. The topological polar surface area (TPSA) is 55.8 Å². The van der Waals surface area contributed by atoms with Crippen molar-refractivity contribution in [3.05, 3.63) is 0 Å². The molecule has 0 aromatic carbocycles. The molecule has 1 atom stereocenters. The number of hydrogen-bond acceptors (Lipinski definition) is 4. The summed E-state index contributed by atoms with van der Waals surface area (Å²) in [4.78, 5) is 15.4. The molecule has 2 N–H and O–H groups in total. The molecule has 2 heterocycles. The Balaban J connectivity index is 1.70. The van der Waals surface area contributed by atoms with E-state index in [1.807, 2.05) is 0 Å². The summed E-state index contributed by atoms with van der Waals surface area (Å²) in [5.41, 5.74) is 0. The lowest BCUT2D eigenvalue weighted by Gasteiger charge is -2.30. The number of carbonyl (C=O) groups is 1. The molecule has 5 heteroatoms. The highest BCUT2D eigenvalue weighted by atomic mass is 16.3. The van der Waals surface area contributed by atoms with Gasteiger partial charge in [0, 0.05) is 52.2 Å². The number of nitrogens with zero attached hydrogens (tertiary/aromatic N) is 2. The third kappa shape index (κ3) is 3.17. The standard InChI is InChI=1S/C11H21N3O2/c15-10(8-13-6-3-12-4-7-13)9-14-5-1-2-11(14)16/h10,12,15H,1-9H2/t10-/m0/s1. The number of likely N-dealkylation sites (tertiary alicyclic amines) is 1. The summed E-state index contributed by atoms with van der Waals surface area (Å²) in [7, 11) is 0. The van der Waals surface area contributed by atoms with Crippen molar-refractivity contribution in [3.63, 3.8) is 0 Å². The van der Waals surface area contributed by atoms with Crippen molar-refractivity contribution in [1.29, 1.82) is 0 Å². The van der Waals surface area contributed by atoms with Gasteiger partial charge in [0.1, 0.15) is 0 Å². The number of nitrogens with one attached hydrogen (secondary N) is 1. The predicted molar refractivity (Wildman–Crippen MR) is 61.1 cm³/mol. The van der Waals surface area contributed by atoms with Crippen molar-refractivity contribution in [2.45, 2.75) is 18.9 Å². The van der Waals surface area contributed by atoms with E-state index in [1.165, 1.54) is 0 Å². The van der Waals surface area contributed by atoms with Gasteiger partial charge in [0.25, 0.3) is 0 Å². The van der Waals surface area contributed by atoms with Crippen LogP contribution in [0.25, 0.3) is 0 Å². The molecule has 2 aliphatic heterocycles. The molecule has 92 valence electrons. The van der Waals surface area contributed by atoms with Gasteiger partial charge in [-0.3, -0.25) is 9.69 Å². The molecular formula is C11H21N3O2. The maximum Gasteiger partial charge on any atom is 0.222 e. The van der Waals surface area contributed by atoms with Gasteiger partial charge in [-0.15, -0.1) is 0 Å². The molecule has 2 aliphatic rings. The quantitative estimate of drug-likeness (QED) is 0.638. The second-order valence-corrected chi connectivity index (χ2v) is 4.65. The maximum absolute atomic E-state index is 11.4. The summed E-state index contributed by atoms with van der Waals surface area (Å²) in [6, 6.07) is 0. The third-order valence-electron chi connectivity index (χ3n) is 3.28. The van der Waals surface area contributed by atoms with Crippen LogP contribution in [0.1, 0.15) is 12.8 Å². The minimum Gasteiger partial charge on any atom is -0.390 e. The number of aliphatic hydroxyl groups excluding tert-OH is 1. The van der Waals surface area contributed by atoms with Crippen molar-refractivity contribution >= 4 is 5.91 Å². The first-order valence-corrected chi connectivity index (χ1v) is 6.14. The molecule has 0 aliphatic carbocycles. The molecule has 0 saturated carbocycles. The van der Waals surface area contributed by atoms with E-state index in [1.54, 1.807) is 4.90 Å². The summed E-state index contributed by atoms with van der Waals surface area (Å²) < 4.78 is 0. The summed E-state index contributed by atoms with van der Waals surface area (Å²) in [5, 5.41) is 13.2. The molecule has 1 amide bonds. The second-order valence-electron chi connectivity index (χ2n) is 4.65. The van der Waals surface area contributed by atoms with Gasteiger partial charge in [-0.05, 0) is 6.42 Å². The van der Waals surface area contributed by atoms with Gasteiger partial charge in [0.05, 0.1) is 6.10 Å². The highest BCUT2D eigenvalue weighted by Crippen LogP contribution is 2.10. The van der Waals surface area contributed by atoms with E-state index >= 15 is 0 Å². The molecule has 0 aromatic rings. The molecule has 2 rings (SSSR count). The normalized spacial score (nSPS) is 25.1. The predicted octanol–water partition coefficient (Wildman–Crippen LogP) is -1.13. The van der Waals surface area contributed by atoms with Crippen LogP contribution >= 0.6 is 0 Å². The van der Waals surface area contributed by atoms with Gasteiger partial charge in [-0.2, -0.15) is 0 Å². The van der Waals surface area contributed by atoms with Gasteiger partial charge in [0.2, 0.25) is 5.91 Å². The molecule has 2 fully saturated rings. The number of aliphatic hydroxyl groups is 1. The Morgan fingerprint density at radius 3 is 2.62 bits per heavy atom. The molecule has 2 saturated heterocycles. The summed E-state index contributed by atoms with van der Waals surface area (Å²) >= 11 is 0. The van der Waals surface area contributed by atoms with Gasteiger partial charge in [-0.25, -0.2) is 0 Å². The molecule has 0 aromatic heterocycles. The lowest BCUT2D eigenvalue weighted by Crippen LogP contribution is -2.48. The number of piperazine rings is 1. The van der Waals surface area contributed by atoms with E-state index in [4.69, 9.17) is 0 Å². The lowest BCUT2D eigenvalue weighted by molar-refractivity contribution is -0.129. The Hall–Kier alpha value is -0.650. The Labute approximate surface area is 96.4 Å². The molecular weight excluding hydrogens is 206 g/mol. The van der Waals surface area contributed by atoms with Crippen molar-refractivity contribution in [2.24, 2.45) is 0 Å². The van der Waals surface area contributed by atoms with Crippen LogP contribution < -0.4 is 5.32 Å². The van der Waals surface area contributed by atoms with E-state index in [2.05, 4.69) is 10.2 Å². The van der Waals surface area contributed by atoms with E-state index in [0.29, 0.717) is 19.5 Å². The van der Waals surface area contributed by atoms with Crippen LogP contribution in [0.5, 0.6) is 0 Å². The van der Waals surface area contributed by atoms with E-state index in [-0.39, 0.29) is 5.91 Å². The Morgan fingerprint density at radius 1 is 1.25 bits per heavy atom. The fraction of sp³-hybridized carbons (Fsp3) is 0.909. The largest absolute Gasteiger partial charge is 0.390 e. The average molecular weight is 227 g/mol. The summed E-state index contributed by atoms with van der Waals surface area (Å²) in [6.45, 7) is 5.98. The molecule has 0 unspecified atom stereocenters. The molecule has 0 bridgehead atoms. The van der Waals surface area contributed by atoms with E-state index in [9.17, 15) is 9.90 Å². The van der Waals surface area contributed by atoms with Crippen LogP contribution in [-0.2, 0) is 4.79 Å². The number of β-amino-alcohol motifs (C(OH)–C–C–N with tert-alkyl or cyclic N) is 1. The number of rotatable bonds is 4. The van der Waals surface area contributed by atoms with Crippen LogP contribution in [0.3, 0.4) is 0 Å². The molecule has 0 spiro atoms. The Morgan fingerprint density at radius 2 is 2.00 bits per heavy atom. The van der Waals surface area contributed by atoms with Crippen molar-refractivity contribution in [1.82, 2.24) is 15.1 Å². The smallest absolute Gasteiger partial charge is 0.222 e. The number of hydrogen-bond donors (Lipinski definition) is 2. The summed E-state index contributed by atoms with van der Waals surface area (Å²) in [6.07, 6.45) is 1.19. The first-order valence-electron chi connectivity index (χ1n) is 6.14. The Bertz CT molecular complexity index is 241. The van der Waals surface area contributed by atoms with E-state index in [0.717, 1.165) is 39.1 Å². The lowest BCUT2D eigenvalue weighted by atomic mass is 10.2. The first kappa shape index (κ1) is 11.8. The fourth-order valence-corrected chi connectivity index (χ4v) is 2.40. The molecule has 5 nitrogen and oxygen atoms in total. The fourth-order valence-electron chi connectivity index (χ4n) is 2.40. The monoisotopic (exact) mass is 227 g/mol. The first-order chi connectivity index (χ1) is 7.75. The zero-order chi connectivity index (χ0) is 11.4. The van der Waals surface area contributed by atoms with Crippen molar-refractivity contribution < 1.29 is 9.90 Å². The number of carbonyl (C=O) groups excluding carboxylic acids is 1. The van der Waals surface area contributed by atoms with Gasteiger partial charge < -0.3 is 15.3 Å². The van der Waals surface area contributed by atoms with E-state index < -0.39 is 6.10 Å². The van der Waals surface area contributed by atoms with Crippen LogP contribution in [0.4, 0.5) is 0 Å². The van der Waals surface area contributed by atoms with Crippen LogP contribution in [0.2, 0.25) is 0 Å². The van der Waals surface area contributed by atoms with Gasteiger partial charge in [-0.1, -0.05) is 0 Å². The minimum absolute atomic E-state index is 0.194. The van der Waals surface area contributed by atoms with Crippen LogP contribution in [0, 0.1) is 0 Å². The SMILES string of the molecule is O=C1CCCN1C[C@@H](O)CN1CCNCC1. The van der Waals surface area contributed by atoms with Gasteiger partial charge in [0.15, 0.2) is 0 Å². The second kappa shape index (κ2) is 5.61. The highest BCUT2D eigenvalue weighted by molar-refractivity contribution is 5.78. The maximum atomic E-state index is 11.4. The number of amides is 1. The Kier molecular flexibility index (Phi) is 4.15. The van der Waals surface area contributed by atoms with Crippen LogP contribution in [0.15, 0.2) is 0 Å². The molecule has 0 radical (unpaired) electrons.